The lowest BCUT2D eigenvalue weighted by molar-refractivity contribution is -0.126. The van der Waals surface area contributed by atoms with Gasteiger partial charge in [-0.1, -0.05) is 29.8 Å². The molecule has 5 nitrogen and oxygen atoms in total. The van der Waals surface area contributed by atoms with Crippen molar-refractivity contribution in [1.29, 1.82) is 0 Å². The summed E-state index contributed by atoms with van der Waals surface area (Å²) in [4.78, 5) is 33.5. The van der Waals surface area contributed by atoms with Gasteiger partial charge in [0.2, 0.25) is 5.91 Å². The fourth-order valence-electron chi connectivity index (χ4n) is 3.61. The third kappa shape index (κ3) is 4.74. The second-order valence-electron chi connectivity index (χ2n) is 7.28. The fourth-order valence-corrected chi connectivity index (χ4v) is 5.32. The standard InChI is InChI=1S/C22H22ClN3O2S2/c1-14-20(15-4-6-17(23)7-5-15)25-19(30-14)13-24-21(27)16-8-10-26(11-9-16)22(28)18-3-2-12-29-18/h2-7,12,16H,8-11,13H2,1H3,(H,24,27). The SMILES string of the molecule is Cc1sc(CNC(=O)C2CCN(C(=O)c3cccs3)CC2)nc1-c1ccc(Cl)cc1. The number of benzene rings is 1. The molecule has 8 heteroatoms. The van der Waals surface area contributed by atoms with E-state index in [1.54, 1.807) is 11.3 Å². The molecule has 0 atom stereocenters. The Morgan fingerprint density at radius 2 is 1.93 bits per heavy atom. The molecule has 0 spiro atoms. The van der Waals surface area contributed by atoms with Gasteiger partial charge in [-0.25, -0.2) is 4.98 Å². The highest BCUT2D eigenvalue weighted by atomic mass is 35.5. The van der Waals surface area contributed by atoms with Crippen LogP contribution in [0, 0.1) is 12.8 Å². The van der Waals surface area contributed by atoms with Crippen LogP contribution in [0.5, 0.6) is 0 Å². The minimum Gasteiger partial charge on any atom is -0.349 e. The number of halogens is 1. The first-order chi connectivity index (χ1) is 14.5. The van der Waals surface area contributed by atoms with Crippen LogP contribution in [-0.2, 0) is 11.3 Å². The van der Waals surface area contributed by atoms with E-state index < -0.39 is 0 Å². The number of hydrogen-bond acceptors (Lipinski definition) is 5. The lowest BCUT2D eigenvalue weighted by atomic mass is 9.96. The highest BCUT2D eigenvalue weighted by Gasteiger charge is 2.28. The maximum atomic E-state index is 12.6. The Hall–Kier alpha value is -2.22. The van der Waals surface area contributed by atoms with E-state index in [1.165, 1.54) is 11.3 Å². The van der Waals surface area contributed by atoms with Crippen molar-refractivity contribution in [3.63, 3.8) is 0 Å². The first-order valence-corrected chi connectivity index (χ1v) is 11.9. The Kier molecular flexibility index (Phi) is 6.51. The third-order valence-electron chi connectivity index (χ3n) is 5.26. The highest BCUT2D eigenvalue weighted by Crippen LogP contribution is 2.28. The summed E-state index contributed by atoms with van der Waals surface area (Å²) in [5.74, 6) is 0.0464. The van der Waals surface area contributed by atoms with E-state index in [9.17, 15) is 9.59 Å². The molecule has 1 aliphatic rings. The molecule has 1 aromatic carbocycles. The normalized spacial score (nSPS) is 14.7. The van der Waals surface area contributed by atoms with Crippen LogP contribution in [0.1, 0.15) is 32.4 Å². The zero-order valence-corrected chi connectivity index (χ0v) is 18.9. The number of thiazole rings is 1. The van der Waals surface area contributed by atoms with E-state index in [0.717, 1.165) is 26.0 Å². The molecule has 30 heavy (non-hydrogen) atoms. The number of carbonyl (C=O) groups is 2. The molecular weight excluding hydrogens is 438 g/mol. The first-order valence-electron chi connectivity index (χ1n) is 9.84. The quantitative estimate of drug-likeness (QED) is 0.583. The van der Waals surface area contributed by atoms with Crippen LogP contribution < -0.4 is 5.32 Å². The van der Waals surface area contributed by atoms with Gasteiger partial charge in [0.1, 0.15) is 5.01 Å². The molecule has 0 saturated carbocycles. The number of nitrogens with one attached hydrogen (secondary N) is 1. The number of piperidine rings is 1. The van der Waals surface area contributed by atoms with Crippen LogP contribution in [-0.4, -0.2) is 34.8 Å². The van der Waals surface area contributed by atoms with Crippen LogP contribution in [0.3, 0.4) is 0 Å². The number of carbonyl (C=O) groups excluding carboxylic acids is 2. The van der Waals surface area contributed by atoms with E-state index in [0.29, 0.717) is 37.5 Å². The van der Waals surface area contributed by atoms with Crippen molar-refractivity contribution in [3.8, 4) is 11.3 Å². The molecule has 4 rings (SSSR count). The summed E-state index contributed by atoms with van der Waals surface area (Å²) >= 11 is 9.02. The molecule has 0 aliphatic carbocycles. The number of aryl methyl sites for hydroxylation is 1. The van der Waals surface area contributed by atoms with Crippen molar-refractivity contribution in [2.75, 3.05) is 13.1 Å². The van der Waals surface area contributed by atoms with Gasteiger partial charge in [0.25, 0.3) is 5.91 Å². The zero-order valence-electron chi connectivity index (χ0n) is 16.6. The van der Waals surface area contributed by atoms with E-state index in [-0.39, 0.29) is 17.7 Å². The Labute approximate surface area is 188 Å². The largest absolute Gasteiger partial charge is 0.349 e. The second-order valence-corrected chi connectivity index (χ2v) is 9.95. The lowest BCUT2D eigenvalue weighted by Gasteiger charge is -2.31. The van der Waals surface area contributed by atoms with Gasteiger partial charge in [-0.15, -0.1) is 22.7 Å². The molecule has 0 bridgehead atoms. The van der Waals surface area contributed by atoms with Gasteiger partial charge in [-0.3, -0.25) is 9.59 Å². The maximum absolute atomic E-state index is 12.6. The second kappa shape index (κ2) is 9.29. The number of thiophene rings is 1. The summed E-state index contributed by atoms with van der Waals surface area (Å²) in [6.45, 7) is 3.69. The molecule has 1 saturated heterocycles. The summed E-state index contributed by atoms with van der Waals surface area (Å²) in [5, 5.41) is 6.52. The summed E-state index contributed by atoms with van der Waals surface area (Å²) in [6.07, 6.45) is 1.38. The monoisotopic (exact) mass is 459 g/mol. The number of nitrogens with zero attached hydrogens (tertiary/aromatic N) is 2. The molecule has 0 unspecified atom stereocenters. The predicted octanol–water partition coefficient (Wildman–Crippen LogP) is 5.00. The highest BCUT2D eigenvalue weighted by molar-refractivity contribution is 7.12. The Balaban J connectivity index is 1.30. The summed E-state index contributed by atoms with van der Waals surface area (Å²) in [5.41, 5.74) is 1.95. The Morgan fingerprint density at radius 1 is 1.20 bits per heavy atom. The molecule has 0 radical (unpaired) electrons. The average Bonchev–Trinajstić information content (AvgIpc) is 3.42. The van der Waals surface area contributed by atoms with E-state index in [2.05, 4.69) is 5.32 Å². The summed E-state index contributed by atoms with van der Waals surface area (Å²) in [7, 11) is 0. The van der Waals surface area contributed by atoms with Crippen molar-refractivity contribution < 1.29 is 9.59 Å². The van der Waals surface area contributed by atoms with Gasteiger partial charge >= 0.3 is 0 Å². The van der Waals surface area contributed by atoms with Gasteiger partial charge in [0.15, 0.2) is 0 Å². The van der Waals surface area contributed by atoms with E-state index >= 15 is 0 Å². The summed E-state index contributed by atoms with van der Waals surface area (Å²) in [6, 6.07) is 11.4. The van der Waals surface area contributed by atoms with Crippen molar-refractivity contribution in [3.05, 3.63) is 61.6 Å². The molecule has 2 amide bonds. The number of likely N-dealkylation sites (tertiary alicyclic amines) is 1. The van der Waals surface area contributed by atoms with Gasteiger partial charge < -0.3 is 10.2 Å². The third-order valence-corrected chi connectivity index (χ3v) is 7.34. The molecular formula is C22H22ClN3O2S2. The van der Waals surface area contributed by atoms with Gasteiger partial charge in [-0.2, -0.15) is 0 Å². The fraction of sp³-hybridized carbons (Fsp3) is 0.318. The van der Waals surface area contributed by atoms with Crippen molar-refractivity contribution >= 4 is 46.1 Å². The zero-order chi connectivity index (χ0) is 21.1. The number of hydrogen-bond donors (Lipinski definition) is 1. The molecule has 3 heterocycles. The Bertz CT molecular complexity index is 1020. The molecule has 1 N–H and O–H groups in total. The molecule has 1 aliphatic heterocycles. The van der Waals surface area contributed by atoms with Crippen LogP contribution in [0.15, 0.2) is 41.8 Å². The Morgan fingerprint density at radius 3 is 2.60 bits per heavy atom. The number of rotatable bonds is 5. The average molecular weight is 460 g/mol. The maximum Gasteiger partial charge on any atom is 0.263 e. The molecule has 2 aromatic heterocycles. The summed E-state index contributed by atoms with van der Waals surface area (Å²) < 4.78 is 0. The molecule has 3 aromatic rings. The first kappa shape index (κ1) is 21.0. The van der Waals surface area contributed by atoms with Gasteiger partial charge in [0.05, 0.1) is 17.1 Å². The minimum absolute atomic E-state index is 0.0409. The molecule has 156 valence electrons. The van der Waals surface area contributed by atoms with Crippen molar-refractivity contribution in [2.45, 2.75) is 26.3 Å². The van der Waals surface area contributed by atoms with Crippen molar-refractivity contribution in [1.82, 2.24) is 15.2 Å². The van der Waals surface area contributed by atoms with E-state index in [4.69, 9.17) is 16.6 Å². The lowest BCUT2D eigenvalue weighted by Crippen LogP contribution is -2.42. The smallest absolute Gasteiger partial charge is 0.263 e. The van der Waals surface area contributed by atoms with E-state index in [1.807, 2.05) is 53.6 Å². The van der Waals surface area contributed by atoms with Crippen LogP contribution in [0.2, 0.25) is 5.02 Å². The van der Waals surface area contributed by atoms with Crippen LogP contribution in [0.25, 0.3) is 11.3 Å². The topological polar surface area (TPSA) is 62.3 Å². The van der Waals surface area contributed by atoms with Gasteiger partial charge in [-0.05, 0) is 43.3 Å². The van der Waals surface area contributed by atoms with Crippen molar-refractivity contribution in [2.24, 2.45) is 5.92 Å². The predicted molar refractivity (Wildman–Crippen MR) is 122 cm³/mol. The number of aromatic nitrogens is 1. The number of amides is 2. The van der Waals surface area contributed by atoms with Crippen LogP contribution >= 0.6 is 34.3 Å². The van der Waals surface area contributed by atoms with Crippen LogP contribution in [0.4, 0.5) is 0 Å². The molecule has 1 fully saturated rings. The minimum atomic E-state index is -0.0609. The van der Waals surface area contributed by atoms with Gasteiger partial charge in [0, 0.05) is 34.5 Å².